The number of phenols is 1. The van der Waals surface area contributed by atoms with Gasteiger partial charge in [0.1, 0.15) is 5.75 Å². The minimum Gasteiger partial charge on any atom is -0.508 e. The van der Waals surface area contributed by atoms with Crippen molar-refractivity contribution in [3.8, 4) is 5.75 Å². The molecule has 0 fully saturated rings. The molecule has 0 spiro atoms. The number of phenolic OH excluding ortho intramolecular Hbond substituents is 1. The highest BCUT2D eigenvalue weighted by Gasteiger charge is 2.21. The van der Waals surface area contributed by atoms with Crippen LogP contribution in [0.15, 0.2) is 16.6 Å². The van der Waals surface area contributed by atoms with Gasteiger partial charge >= 0.3 is 5.97 Å². The standard InChI is InChI=1S/C10H12BrNO3/c1-5-2-6(13)3-7(9(5)11)8(4-12)10(14)15/h2-3,8,13H,4,12H2,1H3,(H,14,15). The zero-order chi connectivity index (χ0) is 11.6. The number of nitrogens with two attached hydrogens (primary N) is 1. The minimum absolute atomic E-state index is 0.00315. The second-order valence-electron chi connectivity index (χ2n) is 3.29. The molecular formula is C10H12BrNO3. The Bertz CT molecular complexity index is 392. The summed E-state index contributed by atoms with van der Waals surface area (Å²) in [5, 5.41) is 18.3. The smallest absolute Gasteiger partial charge is 0.312 e. The van der Waals surface area contributed by atoms with Crippen molar-refractivity contribution in [2.75, 3.05) is 6.54 Å². The van der Waals surface area contributed by atoms with Crippen molar-refractivity contribution in [1.82, 2.24) is 0 Å². The summed E-state index contributed by atoms with van der Waals surface area (Å²) in [4.78, 5) is 10.9. The first-order valence-corrected chi connectivity index (χ1v) is 5.18. The van der Waals surface area contributed by atoms with Crippen molar-refractivity contribution in [2.45, 2.75) is 12.8 Å². The van der Waals surface area contributed by atoms with Gasteiger partial charge in [0.25, 0.3) is 0 Å². The molecule has 5 heteroatoms. The van der Waals surface area contributed by atoms with Gasteiger partial charge < -0.3 is 15.9 Å². The number of carbonyl (C=O) groups is 1. The third-order valence-electron chi connectivity index (χ3n) is 2.18. The molecule has 82 valence electrons. The molecule has 1 aromatic carbocycles. The molecule has 0 amide bonds. The molecule has 1 unspecified atom stereocenters. The van der Waals surface area contributed by atoms with Crippen molar-refractivity contribution >= 4 is 21.9 Å². The Kier molecular flexibility index (Phi) is 3.71. The summed E-state index contributed by atoms with van der Waals surface area (Å²) in [5.74, 6) is -1.75. The monoisotopic (exact) mass is 273 g/mol. The van der Waals surface area contributed by atoms with E-state index in [1.807, 2.05) is 0 Å². The fourth-order valence-corrected chi connectivity index (χ4v) is 1.90. The van der Waals surface area contributed by atoms with Gasteiger partial charge in [0.05, 0.1) is 5.92 Å². The van der Waals surface area contributed by atoms with Gasteiger partial charge in [0.2, 0.25) is 0 Å². The molecule has 0 heterocycles. The lowest BCUT2D eigenvalue weighted by Gasteiger charge is -2.14. The van der Waals surface area contributed by atoms with Crippen LogP contribution < -0.4 is 5.73 Å². The maximum Gasteiger partial charge on any atom is 0.312 e. The highest BCUT2D eigenvalue weighted by molar-refractivity contribution is 9.10. The fraction of sp³-hybridized carbons (Fsp3) is 0.300. The van der Waals surface area contributed by atoms with Gasteiger partial charge in [-0.05, 0) is 30.2 Å². The Hall–Kier alpha value is -1.07. The van der Waals surface area contributed by atoms with Crippen LogP contribution in [-0.4, -0.2) is 22.7 Å². The molecule has 0 aliphatic heterocycles. The Balaban J connectivity index is 3.28. The molecule has 0 saturated carbocycles. The molecule has 1 aromatic rings. The number of benzene rings is 1. The molecule has 0 saturated heterocycles. The van der Waals surface area contributed by atoms with Crippen molar-refractivity contribution in [2.24, 2.45) is 5.73 Å². The quantitative estimate of drug-likeness (QED) is 0.781. The van der Waals surface area contributed by atoms with Crippen LogP contribution >= 0.6 is 15.9 Å². The molecule has 0 aromatic heterocycles. The predicted molar refractivity (Wildman–Crippen MR) is 60.0 cm³/mol. The molecule has 0 aliphatic rings. The Morgan fingerprint density at radius 2 is 2.20 bits per heavy atom. The van der Waals surface area contributed by atoms with Crippen molar-refractivity contribution in [1.29, 1.82) is 0 Å². The summed E-state index contributed by atoms with van der Waals surface area (Å²) in [5.41, 5.74) is 6.68. The second kappa shape index (κ2) is 4.63. The van der Waals surface area contributed by atoms with Crippen LogP contribution in [0.5, 0.6) is 5.75 Å². The van der Waals surface area contributed by atoms with Gasteiger partial charge in [-0.2, -0.15) is 0 Å². The first-order valence-electron chi connectivity index (χ1n) is 4.39. The number of carboxylic acid groups (broad SMARTS) is 1. The highest BCUT2D eigenvalue weighted by atomic mass is 79.9. The first kappa shape index (κ1) is 12.0. The molecular weight excluding hydrogens is 262 g/mol. The lowest BCUT2D eigenvalue weighted by molar-refractivity contribution is -0.138. The number of hydrogen-bond acceptors (Lipinski definition) is 3. The highest BCUT2D eigenvalue weighted by Crippen LogP contribution is 2.31. The fourth-order valence-electron chi connectivity index (χ4n) is 1.39. The van der Waals surface area contributed by atoms with Crippen LogP contribution in [0.1, 0.15) is 17.0 Å². The third kappa shape index (κ3) is 2.49. The van der Waals surface area contributed by atoms with E-state index in [0.29, 0.717) is 10.0 Å². The lowest BCUT2D eigenvalue weighted by Crippen LogP contribution is -2.21. The van der Waals surface area contributed by atoms with Crippen molar-refractivity contribution in [3.63, 3.8) is 0 Å². The maximum atomic E-state index is 10.9. The Morgan fingerprint density at radius 1 is 1.60 bits per heavy atom. The SMILES string of the molecule is Cc1cc(O)cc(C(CN)C(=O)O)c1Br. The summed E-state index contributed by atoms with van der Waals surface area (Å²) < 4.78 is 0.679. The summed E-state index contributed by atoms with van der Waals surface area (Å²) in [6, 6.07) is 2.98. The topological polar surface area (TPSA) is 83.5 Å². The van der Waals surface area contributed by atoms with E-state index in [0.717, 1.165) is 5.56 Å². The molecule has 4 N–H and O–H groups in total. The molecule has 4 nitrogen and oxygen atoms in total. The van der Waals surface area contributed by atoms with Gasteiger partial charge in [0, 0.05) is 11.0 Å². The number of carboxylic acids is 1. The molecule has 0 radical (unpaired) electrons. The van der Waals surface area contributed by atoms with E-state index in [9.17, 15) is 9.90 Å². The van der Waals surface area contributed by atoms with Gasteiger partial charge in [0.15, 0.2) is 0 Å². The molecule has 0 bridgehead atoms. The van der Waals surface area contributed by atoms with Crippen molar-refractivity contribution in [3.05, 3.63) is 27.7 Å². The minimum atomic E-state index is -0.997. The number of halogens is 1. The molecule has 1 rings (SSSR count). The third-order valence-corrected chi connectivity index (χ3v) is 3.26. The van der Waals surface area contributed by atoms with Crippen LogP contribution in [0, 0.1) is 6.92 Å². The average Bonchev–Trinajstić information content (AvgIpc) is 2.13. The summed E-state index contributed by atoms with van der Waals surface area (Å²) >= 11 is 3.29. The van der Waals surface area contributed by atoms with E-state index >= 15 is 0 Å². The Morgan fingerprint density at radius 3 is 2.67 bits per heavy atom. The average molecular weight is 274 g/mol. The Labute approximate surface area is 95.8 Å². The zero-order valence-electron chi connectivity index (χ0n) is 8.20. The predicted octanol–water partition coefficient (Wildman–Crippen LogP) is 1.59. The number of rotatable bonds is 3. The van der Waals surface area contributed by atoms with Gasteiger partial charge in [-0.1, -0.05) is 15.9 Å². The van der Waals surface area contributed by atoms with E-state index in [2.05, 4.69) is 15.9 Å². The van der Waals surface area contributed by atoms with E-state index in [-0.39, 0.29) is 12.3 Å². The summed E-state index contributed by atoms with van der Waals surface area (Å²) in [6.07, 6.45) is 0. The van der Waals surface area contributed by atoms with E-state index in [1.54, 1.807) is 13.0 Å². The zero-order valence-corrected chi connectivity index (χ0v) is 9.78. The van der Waals surface area contributed by atoms with Crippen LogP contribution in [0.25, 0.3) is 0 Å². The van der Waals surface area contributed by atoms with E-state index in [1.165, 1.54) is 6.07 Å². The van der Waals surface area contributed by atoms with Crippen molar-refractivity contribution < 1.29 is 15.0 Å². The maximum absolute atomic E-state index is 10.9. The number of aryl methyl sites for hydroxylation is 1. The first-order chi connectivity index (χ1) is 6.97. The number of aliphatic carboxylic acids is 1. The summed E-state index contributed by atoms with van der Waals surface area (Å²) in [7, 11) is 0. The normalized spacial score (nSPS) is 12.5. The molecule has 15 heavy (non-hydrogen) atoms. The van der Waals surface area contributed by atoms with Crippen LogP contribution in [0.4, 0.5) is 0 Å². The van der Waals surface area contributed by atoms with Crippen LogP contribution in [0.2, 0.25) is 0 Å². The van der Waals surface area contributed by atoms with Gasteiger partial charge in [-0.3, -0.25) is 4.79 Å². The second-order valence-corrected chi connectivity index (χ2v) is 4.09. The number of aromatic hydroxyl groups is 1. The lowest BCUT2D eigenvalue weighted by atomic mass is 9.97. The molecule has 1 atom stereocenters. The van der Waals surface area contributed by atoms with E-state index in [4.69, 9.17) is 10.8 Å². The van der Waals surface area contributed by atoms with Crippen LogP contribution in [0.3, 0.4) is 0 Å². The van der Waals surface area contributed by atoms with Crippen LogP contribution in [-0.2, 0) is 4.79 Å². The molecule has 0 aliphatic carbocycles. The summed E-state index contributed by atoms with van der Waals surface area (Å²) in [6.45, 7) is 1.78. The largest absolute Gasteiger partial charge is 0.508 e. The van der Waals surface area contributed by atoms with Gasteiger partial charge in [-0.25, -0.2) is 0 Å². The number of hydrogen-bond donors (Lipinski definition) is 3. The van der Waals surface area contributed by atoms with E-state index < -0.39 is 11.9 Å². The van der Waals surface area contributed by atoms with Gasteiger partial charge in [-0.15, -0.1) is 0 Å².